The number of nitrogen functional groups attached to an aromatic ring is 1. The van der Waals surface area contributed by atoms with Crippen LogP contribution in [0.3, 0.4) is 0 Å². The fourth-order valence-corrected chi connectivity index (χ4v) is 1.75. The highest BCUT2D eigenvalue weighted by Gasteiger charge is 2.31. The van der Waals surface area contributed by atoms with Gasteiger partial charge in [0.2, 0.25) is 0 Å². The van der Waals surface area contributed by atoms with E-state index in [0.717, 1.165) is 6.07 Å². The van der Waals surface area contributed by atoms with Crippen LogP contribution in [0, 0.1) is 5.82 Å². The first-order valence-corrected chi connectivity index (χ1v) is 5.84. The molecule has 106 valence electrons. The molecule has 2 rings (SSSR count). The van der Waals surface area contributed by atoms with Crippen LogP contribution in [-0.2, 0) is 6.18 Å². The van der Waals surface area contributed by atoms with E-state index in [9.17, 15) is 17.6 Å². The fraction of sp³-hybridized carbons (Fsp3) is 0.0769. The Morgan fingerprint density at radius 2 is 1.70 bits per heavy atom. The van der Waals surface area contributed by atoms with Crippen LogP contribution < -0.4 is 11.1 Å². The van der Waals surface area contributed by atoms with Crippen LogP contribution in [-0.4, -0.2) is 0 Å². The minimum absolute atomic E-state index is 0.232. The molecule has 7 heteroatoms. The van der Waals surface area contributed by atoms with Gasteiger partial charge in [-0.15, -0.1) is 0 Å². The highest BCUT2D eigenvalue weighted by atomic mass is 35.5. The van der Waals surface area contributed by atoms with E-state index in [0.29, 0.717) is 17.2 Å². The Bertz CT molecular complexity index is 641. The van der Waals surface area contributed by atoms with Gasteiger partial charge in [0.25, 0.3) is 0 Å². The number of hydrogen-bond donors (Lipinski definition) is 2. The average Bonchev–Trinajstić information content (AvgIpc) is 2.35. The van der Waals surface area contributed by atoms with Crippen molar-refractivity contribution in [2.45, 2.75) is 6.18 Å². The van der Waals surface area contributed by atoms with E-state index in [4.69, 9.17) is 17.3 Å². The van der Waals surface area contributed by atoms with Gasteiger partial charge in [0.1, 0.15) is 5.82 Å². The van der Waals surface area contributed by atoms with Crippen molar-refractivity contribution in [1.82, 2.24) is 0 Å². The Morgan fingerprint density at radius 3 is 2.35 bits per heavy atom. The van der Waals surface area contributed by atoms with Gasteiger partial charge in [0.15, 0.2) is 0 Å². The number of rotatable bonds is 2. The van der Waals surface area contributed by atoms with Crippen molar-refractivity contribution in [1.29, 1.82) is 0 Å². The highest BCUT2D eigenvalue weighted by Crippen LogP contribution is 2.34. The van der Waals surface area contributed by atoms with Crippen molar-refractivity contribution in [3.05, 3.63) is 52.8 Å². The number of nitrogens with two attached hydrogens (primary N) is 1. The lowest BCUT2D eigenvalue weighted by molar-refractivity contribution is -0.137. The van der Waals surface area contributed by atoms with Crippen molar-refractivity contribution in [2.24, 2.45) is 0 Å². The lowest BCUT2D eigenvalue weighted by Crippen LogP contribution is -2.06. The van der Waals surface area contributed by atoms with Crippen LogP contribution in [0.2, 0.25) is 5.02 Å². The topological polar surface area (TPSA) is 38.0 Å². The molecule has 2 nitrogen and oxygen atoms in total. The highest BCUT2D eigenvalue weighted by molar-refractivity contribution is 6.31. The summed E-state index contributed by atoms with van der Waals surface area (Å²) in [7, 11) is 0. The fourth-order valence-electron chi connectivity index (χ4n) is 1.58. The molecule has 0 spiro atoms. The van der Waals surface area contributed by atoms with Gasteiger partial charge in [0.05, 0.1) is 22.6 Å². The summed E-state index contributed by atoms with van der Waals surface area (Å²) in [5.74, 6) is -0.822. The van der Waals surface area contributed by atoms with E-state index in [1.807, 2.05) is 0 Å². The standard InChI is InChI=1S/C13H9ClF4N2/c14-8-2-4-10(19)12(6-8)20-11-5-7(13(16,17)18)1-3-9(11)15/h1-6,20H,19H2. The van der Waals surface area contributed by atoms with E-state index in [2.05, 4.69) is 5.32 Å². The number of anilines is 3. The molecular formula is C13H9ClF4N2. The zero-order valence-electron chi connectivity index (χ0n) is 9.93. The Morgan fingerprint density at radius 1 is 1.00 bits per heavy atom. The van der Waals surface area contributed by atoms with E-state index in [-0.39, 0.29) is 17.1 Å². The number of halogens is 5. The molecule has 0 heterocycles. The molecule has 0 fully saturated rings. The second kappa shape index (κ2) is 5.20. The number of hydrogen-bond acceptors (Lipinski definition) is 2. The molecule has 2 aromatic carbocycles. The van der Waals surface area contributed by atoms with E-state index < -0.39 is 17.6 Å². The van der Waals surface area contributed by atoms with Crippen LogP contribution in [0.1, 0.15) is 5.56 Å². The zero-order chi connectivity index (χ0) is 14.9. The predicted octanol–water partition coefficient (Wildman–Crippen LogP) is 4.82. The summed E-state index contributed by atoms with van der Waals surface area (Å²) >= 11 is 5.76. The minimum atomic E-state index is -4.55. The van der Waals surface area contributed by atoms with E-state index in [1.165, 1.54) is 18.2 Å². The Kier molecular flexibility index (Phi) is 3.76. The quantitative estimate of drug-likeness (QED) is 0.616. The maximum atomic E-state index is 13.6. The van der Waals surface area contributed by atoms with Crippen LogP contribution in [0.15, 0.2) is 36.4 Å². The van der Waals surface area contributed by atoms with Crippen molar-refractivity contribution in [3.8, 4) is 0 Å². The van der Waals surface area contributed by atoms with Gasteiger partial charge in [-0.1, -0.05) is 11.6 Å². The summed E-state index contributed by atoms with van der Waals surface area (Å²) in [5.41, 5.74) is 4.84. The molecule has 0 aliphatic carbocycles. The van der Waals surface area contributed by atoms with Crippen molar-refractivity contribution in [3.63, 3.8) is 0 Å². The van der Waals surface area contributed by atoms with Crippen LogP contribution in [0.25, 0.3) is 0 Å². The Labute approximate surface area is 117 Å². The molecular weight excluding hydrogens is 296 g/mol. The van der Waals surface area contributed by atoms with Gasteiger partial charge < -0.3 is 11.1 Å². The Balaban J connectivity index is 2.40. The first-order valence-electron chi connectivity index (χ1n) is 5.46. The summed E-state index contributed by atoms with van der Waals surface area (Å²) in [5, 5.41) is 2.84. The Hall–Kier alpha value is -1.95. The van der Waals surface area contributed by atoms with Gasteiger partial charge in [-0.25, -0.2) is 4.39 Å². The number of benzene rings is 2. The SMILES string of the molecule is Nc1ccc(Cl)cc1Nc1cc(C(F)(F)F)ccc1F. The molecule has 0 radical (unpaired) electrons. The third kappa shape index (κ3) is 3.14. The first-order chi connectivity index (χ1) is 9.27. The number of alkyl halides is 3. The van der Waals surface area contributed by atoms with Crippen LogP contribution >= 0.6 is 11.6 Å². The van der Waals surface area contributed by atoms with Crippen molar-refractivity contribution >= 4 is 28.7 Å². The third-order valence-corrected chi connectivity index (χ3v) is 2.81. The molecule has 0 saturated heterocycles. The first kappa shape index (κ1) is 14.5. The van der Waals surface area contributed by atoms with E-state index >= 15 is 0 Å². The molecule has 3 N–H and O–H groups in total. The monoisotopic (exact) mass is 304 g/mol. The second-order valence-electron chi connectivity index (χ2n) is 4.05. The average molecular weight is 305 g/mol. The van der Waals surface area contributed by atoms with Gasteiger partial charge in [-0.05, 0) is 36.4 Å². The molecule has 0 amide bonds. The summed E-state index contributed by atoms with van der Waals surface area (Å²) < 4.78 is 51.3. The molecule has 0 aliphatic heterocycles. The van der Waals surface area contributed by atoms with Crippen LogP contribution in [0.4, 0.5) is 34.6 Å². The molecule has 0 unspecified atom stereocenters. The lowest BCUT2D eigenvalue weighted by Gasteiger charge is -2.13. The summed E-state index contributed by atoms with van der Waals surface area (Å²) in [6, 6.07) is 6.47. The predicted molar refractivity (Wildman–Crippen MR) is 70.5 cm³/mol. The summed E-state index contributed by atoms with van der Waals surface area (Å²) in [4.78, 5) is 0. The zero-order valence-corrected chi connectivity index (χ0v) is 10.7. The normalized spacial score (nSPS) is 11.4. The smallest absolute Gasteiger partial charge is 0.397 e. The lowest BCUT2D eigenvalue weighted by atomic mass is 10.1. The second-order valence-corrected chi connectivity index (χ2v) is 4.49. The largest absolute Gasteiger partial charge is 0.416 e. The van der Waals surface area contributed by atoms with E-state index in [1.54, 1.807) is 0 Å². The van der Waals surface area contributed by atoms with Gasteiger partial charge in [-0.2, -0.15) is 13.2 Å². The minimum Gasteiger partial charge on any atom is -0.397 e. The molecule has 2 aromatic rings. The van der Waals surface area contributed by atoms with Crippen LogP contribution in [0.5, 0.6) is 0 Å². The molecule has 0 saturated carbocycles. The van der Waals surface area contributed by atoms with Gasteiger partial charge >= 0.3 is 6.18 Å². The molecule has 0 bridgehead atoms. The summed E-state index contributed by atoms with van der Waals surface area (Å²) in [6.45, 7) is 0. The molecule has 0 aromatic heterocycles. The van der Waals surface area contributed by atoms with Crippen molar-refractivity contribution < 1.29 is 17.6 Å². The summed E-state index contributed by atoms with van der Waals surface area (Å²) in [6.07, 6.45) is -4.55. The molecule has 0 aliphatic rings. The molecule has 0 atom stereocenters. The number of nitrogens with one attached hydrogen (secondary N) is 1. The maximum Gasteiger partial charge on any atom is 0.416 e. The van der Waals surface area contributed by atoms with Crippen molar-refractivity contribution in [2.75, 3.05) is 11.1 Å². The van der Waals surface area contributed by atoms with Gasteiger partial charge in [0, 0.05) is 5.02 Å². The van der Waals surface area contributed by atoms with Gasteiger partial charge in [-0.3, -0.25) is 0 Å². The maximum absolute atomic E-state index is 13.6. The third-order valence-electron chi connectivity index (χ3n) is 2.58. The molecule has 20 heavy (non-hydrogen) atoms.